The van der Waals surface area contributed by atoms with Crippen molar-refractivity contribution in [2.45, 2.75) is 38.4 Å². The summed E-state index contributed by atoms with van der Waals surface area (Å²) in [5.74, 6) is 0.269. The molecule has 2 heterocycles. The number of hydrogen-bond acceptors (Lipinski definition) is 3. The molecule has 2 aromatic carbocycles. The molecule has 4 nitrogen and oxygen atoms in total. The van der Waals surface area contributed by atoms with E-state index in [4.69, 9.17) is 4.74 Å². The second-order valence-corrected chi connectivity index (χ2v) is 7.52. The smallest absolute Gasteiger partial charge is 0.221 e. The Morgan fingerprint density at radius 3 is 2.63 bits per heavy atom. The van der Waals surface area contributed by atoms with Gasteiger partial charge in [0, 0.05) is 19.2 Å². The number of likely N-dealkylation sites (tertiary alicyclic amines) is 1. The molecular weight excluding hydrogens is 343 g/mol. The van der Waals surface area contributed by atoms with E-state index in [0.29, 0.717) is 12.5 Å². The van der Waals surface area contributed by atoms with Gasteiger partial charge in [0.15, 0.2) is 0 Å². The van der Waals surface area contributed by atoms with Crippen molar-refractivity contribution < 1.29 is 13.9 Å². The van der Waals surface area contributed by atoms with Gasteiger partial charge in [-0.15, -0.1) is 0 Å². The largest absolute Gasteiger partial charge is 0.367 e. The second kappa shape index (κ2) is 7.79. The maximum atomic E-state index is 13.1. The average Bonchev–Trinajstić information content (AvgIpc) is 3.05. The third-order valence-electron chi connectivity index (χ3n) is 5.61. The number of benzene rings is 2. The highest BCUT2D eigenvalue weighted by Crippen LogP contribution is 2.35. The third kappa shape index (κ3) is 4.20. The lowest BCUT2D eigenvalue weighted by Gasteiger charge is -2.33. The molecule has 2 aliphatic rings. The van der Waals surface area contributed by atoms with Gasteiger partial charge >= 0.3 is 0 Å². The molecule has 0 bridgehead atoms. The lowest BCUT2D eigenvalue weighted by atomic mass is 9.89. The summed E-state index contributed by atoms with van der Waals surface area (Å²) in [4.78, 5) is 13.8. The van der Waals surface area contributed by atoms with Gasteiger partial charge in [-0.3, -0.25) is 4.79 Å². The van der Waals surface area contributed by atoms with E-state index in [1.807, 2.05) is 30.3 Å². The van der Waals surface area contributed by atoms with Crippen molar-refractivity contribution in [3.05, 3.63) is 65.0 Å². The summed E-state index contributed by atoms with van der Waals surface area (Å²) in [7, 11) is 0. The number of nitrogens with zero attached hydrogens (tertiary/aromatic N) is 1. The van der Waals surface area contributed by atoms with Crippen molar-refractivity contribution in [1.82, 2.24) is 4.90 Å². The van der Waals surface area contributed by atoms with Crippen molar-refractivity contribution >= 4 is 11.6 Å². The van der Waals surface area contributed by atoms with Crippen LogP contribution in [0.1, 0.15) is 48.5 Å². The molecule has 2 aliphatic heterocycles. The van der Waals surface area contributed by atoms with Crippen molar-refractivity contribution in [2.75, 3.05) is 25.0 Å². The summed E-state index contributed by atoms with van der Waals surface area (Å²) in [6, 6.07) is 12.9. The van der Waals surface area contributed by atoms with E-state index < -0.39 is 0 Å². The van der Waals surface area contributed by atoms with Gasteiger partial charge in [-0.25, -0.2) is 4.39 Å². The fourth-order valence-electron chi connectivity index (χ4n) is 4.16. The molecular formula is C22H25FN2O2. The Kier molecular flexibility index (Phi) is 5.23. The zero-order chi connectivity index (χ0) is 18.8. The van der Waals surface area contributed by atoms with Crippen LogP contribution in [0.2, 0.25) is 0 Å². The van der Waals surface area contributed by atoms with Crippen LogP contribution in [0.3, 0.4) is 0 Å². The van der Waals surface area contributed by atoms with E-state index in [0.717, 1.165) is 38.2 Å². The monoisotopic (exact) mass is 368 g/mol. The molecule has 5 heteroatoms. The van der Waals surface area contributed by atoms with Gasteiger partial charge in [0.2, 0.25) is 5.91 Å². The molecule has 142 valence electrons. The van der Waals surface area contributed by atoms with Gasteiger partial charge in [-0.05, 0) is 72.8 Å². The molecule has 1 saturated heterocycles. The normalized spacial score (nSPS) is 20.4. The molecule has 0 aliphatic carbocycles. The number of fused-ring (bicyclic) bond motifs is 1. The molecule has 0 spiro atoms. The van der Waals surface area contributed by atoms with Crippen LogP contribution in [0.5, 0.6) is 0 Å². The van der Waals surface area contributed by atoms with E-state index in [2.05, 4.69) is 10.2 Å². The van der Waals surface area contributed by atoms with E-state index in [9.17, 15) is 9.18 Å². The highest BCUT2D eigenvalue weighted by atomic mass is 19.1. The van der Waals surface area contributed by atoms with Crippen molar-refractivity contribution in [2.24, 2.45) is 0 Å². The standard InChI is InChI=1S/C22H25FN2O2/c1-15(26)24-20-7-4-18-14-27-22(21(18)12-20)13-25-10-8-17(9-11-25)16-2-5-19(23)6-3-16/h2-7,12,17,22H,8-11,13-14H2,1H3,(H,24,26). The lowest BCUT2D eigenvalue weighted by Crippen LogP contribution is -2.36. The van der Waals surface area contributed by atoms with E-state index in [1.54, 1.807) is 12.1 Å². The van der Waals surface area contributed by atoms with Crippen molar-refractivity contribution in [1.29, 1.82) is 0 Å². The molecule has 0 aromatic heterocycles. The first kappa shape index (κ1) is 18.1. The van der Waals surface area contributed by atoms with Gasteiger partial charge in [0.1, 0.15) is 5.82 Å². The predicted octanol–water partition coefficient (Wildman–Crippen LogP) is 4.24. The number of anilines is 1. The van der Waals surface area contributed by atoms with E-state index >= 15 is 0 Å². The zero-order valence-corrected chi connectivity index (χ0v) is 15.6. The number of rotatable bonds is 4. The quantitative estimate of drug-likeness (QED) is 0.878. The lowest BCUT2D eigenvalue weighted by molar-refractivity contribution is -0.114. The number of amides is 1. The number of halogens is 1. The third-order valence-corrected chi connectivity index (χ3v) is 5.61. The summed E-state index contributed by atoms with van der Waals surface area (Å²) in [5, 5.41) is 2.85. The number of carbonyl (C=O) groups is 1. The topological polar surface area (TPSA) is 41.6 Å². The summed E-state index contributed by atoms with van der Waals surface area (Å²) in [6.45, 7) is 5.05. The molecule has 2 aromatic rings. The average molecular weight is 368 g/mol. The summed E-state index contributed by atoms with van der Waals surface area (Å²) >= 11 is 0. The van der Waals surface area contributed by atoms with Gasteiger partial charge in [0.05, 0.1) is 12.7 Å². The molecule has 1 unspecified atom stereocenters. The van der Waals surface area contributed by atoms with E-state index in [-0.39, 0.29) is 17.8 Å². The maximum absolute atomic E-state index is 13.1. The molecule has 1 fully saturated rings. The summed E-state index contributed by atoms with van der Waals surface area (Å²) in [6.07, 6.45) is 2.21. The Balaban J connectivity index is 1.36. The van der Waals surface area contributed by atoms with Gasteiger partial charge < -0.3 is 15.0 Å². The number of ether oxygens (including phenoxy) is 1. The van der Waals surface area contributed by atoms with Gasteiger partial charge in [-0.1, -0.05) is 18.2 Å². The molecule has 0 radical (unpaired) electrons. The summed E-state index contributed by atoms with van der Waals surface area (Å²) in [5.41, 5.74) is 4.45. The van der Waals surface area contributed by atoms with Crippen molar-refractivity contribution in [3.8, 4) is 0 Å². The Bertz CT molecular complexity index is 814. The Labute approximate surface area is 159 Å². The first-order valence-electron chi connectivity index (χ1n) is 9.58. The Morgan fingerprint density at radius 1 is 1.19 bits per heavy atom. The molecule has 1 N–H and O–H groups in total. The number of nitrogens with one attached hydrogen (secondary N) is 1. The highest BCUT2D eigenvalue weighted by molar-refractivity contribution is 5.88. The minimum atomic E-state index is -0.174. The Morgan fingerprint density at radius 2 is 1.93 bits per heavy atom. The van der Waals surface area contributed by atoms with Crippen LogP contribution in [-0.2, 0) is 16.1 Å². The first-order valence-corrected chi connectivity index (χ1v) is 9.58. The number of hydrogen-bond donors (Lipinski definition) is 1. The predicted molar refractivity (Wildman–Crippen MR) is 103 cm³/mol. The van der Waals surface area contributed by atoms with Crippen molar-refractivity contribution in [3.63, 3.8) is 0 Å². The fraction of sp³-hybridized carbons (Fsp3) is 0.409. The number of carbonyl (C=O) groups excluding carboxylic acids is 1. The second-order valence-electron chi connectivity index (χ2n) is 7.52. The fourth-order valence-corrected chi connectivity index (χ4v) is 4.16. The molecule has 1 amide bonds. The first-order chi connectivity index (χ1) is 13.1. The Hall–Kier alpha value is -2.24. The SMILES string of the molecule is CC(=O)Nc1ccc2c(c1)C(CN1CCC(c3ccc(F)cc3)CC1)OC2. The van der Waals surface area contributed by atoms with E-state index in [1.165, 1.54) is 23.6 Å². The van der Waals surface area contributed by atoms with Crippen LogP contribution in [0, 0.1) is 5.82 Å². The molecule has 27 heavy (non-hydrogen) atoms. The maximum Gasteiger partial charge on any atom is 0.221 e. The van der Waals surface area contributed by atoms with Crippen LogP contribution in [0.15, 0.2) is 42.5 Å². The minimum absolute atomic E-state index is 0.0519. The van der Waals surface area contributed by atoms with Crippen LogP contribution in [0.4, 0.5) is 10.1 Å². The van der Waals surface area contributed by atoms with Crippen LogP contribution >= 0.6 is 0 Å². The van der Waals surface area contributed by atoms with Gasteiger partial charge in [-0.2, -0.15) is 0 Å². The highest BCUT2D eigenvalue weighted by Gasteiger charge is 2.28. The van der Waals surface area contributed by atoms with Gasteiger partial charge in [0.25, 0.3) is 0 Å². The minimum Gasteiger partial charge on any atom is -0.367 e. The molecule has 4 rings (SSSR count). The number of piperidine rings is 1. The molecule has 0 saturated carbocycles. The zero-order valence-electron chi connectivity index (χ0n) is 15.6. The van der Waals surface area contributed by atoms with Crippen LogP contribution < -0.4 is 5.32 Å². The molecule has 1 atom stereocenters. The van der Waals surface area contributed by atoms with Crippen LogP contribution in [0.25, 0.3) is 0 Å². The summed E-state index contributed by atoms with van der Waals surface area (Å²) < 4.78 is 19.1. The van der Waals surface area contributed by atoms with Crippen LogP contribution in [-0.4, -0.2) is 30.4 Å².